The first kappa shape index (κ1) is 42.6. The first-order chi connectivity index (χ1) is 25.4. The van der Waals surface area contributed by atoms with Gasteiger partial charge in [-0.3, -0.25) is 20.2 Å². The fourth-order valence-corrected chi connectivity index (χ4v) is 6.79. The van der Waals surface area contributed by atoms with Crippen LogP contribution in [0.2, 0.25) is 0 Å². The van der Waals surface area contributed by atoms with Crippen molar-refractivity contribution in [3.05, 3.63) is 128 Å². The van der Waals surface area contributed by atoms with Gasteiger partial charge >= 0.3 is 48.9 Å². The summed E-state index contributed by atoms with van der Waals surface area (Å²) >= 11 is 0. The van der Waals surface area contributed by atoms with Crippen molar-refractivity contribution >= 4 is 125 Å². The van der Waals surface area contributed by atoms with E-state index in [1.807, 2.05) is 0 Å². The number of benzene rings is 6. The zero-order valence-electron chi connectivity index (χ0n) is 28.4. The van der Waals surface area contributed by atoms with E-state index < -0.39 is 51.4 Å². The number of rotatable bonds is 8. The topological polar surface area (TPSA) is 291 Å². The molecule has 0 aliphatic heterocycles. The normalized spacial score (nSPS) is 11.7. The van der Waals surface area contributed by atoms with Crippen LogP contribution in [0.3, 0.4) is 0 Å². The minimum absolute atomic E-state index is 0. The van der Waals surface area contributed by atoms with E-state index in [0.717, 1.165) is 12.1 Å². The van der Waals surface area contributed by atoms with Gasteiger partial charge < -0.3 is 19.3 Å². The summed E-state index contributed by atoms with van der Waals surface area (Å²) in [5, 5.41) is 58.8. The molecule has 0 heterocycles. The Morgan fingerprint density at radius 2 is 0.855 bits per heavy atom. The third-order valence-electron chi connectivity index (χ3n) is 7.77. The standard InChI is InChI=1S/2C17H13N3O6S.Ba/c2*1-10-5-4-8-13(17(10)20(22)23)18-19-16-12-7-3-2-6-11(12)15(9-14(16)21)27(24,25)26;/h2*2-9,21H,1H3,(H,24,25,26);/q;;+2/p-2. The molecule has 276 valence electrons. The molecule has 0 bridgehead atoms. The van der Waals surface area contributed by atoms with Gasteiger partial charge in [0, 0.05) is 44.8 Å². The molecule has 0 saturated heterocycles. The SMILES string of the molecule is Cc1cccc(N=Nc2c(O)cc(S(=O)(=O)[O-])c3ccccc23)c1[N+](=O)[O-].Cc1cccc(N=Nc2c(O)cc(S(=O)(=O)[O-])c3ccccc23)c1[N+](=O)[O-].[Ba+2]. The quantitative estimate of drug-likeness (QED) is 0.0486. The molecule has 0 aromatic heterocycles. The summed E-state index contributed by atoms with van der Waals surface area (Å²) in [5.74, 6) is -1.16. The van der Waals surface area contributed by atoms with Crippen LogP contribution in [-0.4, -0.2) is 94.9 Å². The number of nitrogens with zero attached hydrogens (tertiary/aromatic N) is 6. The summed E-state index contributed by atoms with van der Waals surface area (Å²) < 4.78 is 68.7. The summed E-state index contributed by atoms with van der Waals surface area (Å²) in [7, 11) is -9.66. The van der Waals surface area contributed by atoms with Crippen LogP contribution in [0.15, 0.2) is 127 Å². The van der Waals surface area contributed by atoms with E-state index in [2.05, 4.69) is 20.5 Å². The van der Waals surface area contributed by atoms with Crippen LogP contribution in [0, 0.1) is 34.1 Å². The number of aryl methyl sites for hydroxylation is 2. The van der Waals surface area contributed by atoms with Gasteiger partial charge in [0.25, 0.3) is 11.4 Å². The average molecular weight is 910 g/mol. The smallest absolute Gasteiger partial charge is 0.744 e. The minimum Gasteiger partial charge on any atom is -0.744 e. The van der Waals surface area contributed by atoms with Crippen LogP contribution in [-0.2, 0) is 20.2 Å². The number of para-hydroxylation sites is 2. The van der Waals surface area contributed by atoms with E-state index in [9.17, 15) is 56.4 Å². The molecule has 0 spiro atoms. The summed E-state index contributed by atoms with van der Waals surface area (Å²) in [4.78, 5) is 20.1. The van der Waals surface area contributed by atoms with Crippen molar-refractivity contribution in [2.75, 3.05) is 0 Å². The maximum atomic E-state index is 11.5. The van der Waals surface area contributed by atoms with Gasteiger partial charge in [0.2, 0.25) is 0 Å². The van der Waals surface area contributed by atoms with Gasteiger partial charge in [-0.25, -0.2) is 16.8 Å². The van der Waals surface area contributed by atoms with Crippen molar-refractivity contribution in [1.82, 2.24) is 0 Å². The number of hydrogen-bond donors (Lipinski definition) is 2. The minimum atomic E-state index is -4.83. The van der Waals surface area contributed by atoms with Crippen molar-refractivity contribution in [2.45, 2.75) is 23.6 Å². The van der Waals surface area contributed by atoms with E-state index in [1.165, 1.54) is 48.5 Å². The Morgan fingerprint density at radius 1 is 0.527 bits per heavy atom. The molecule has 6 aromatic carbocycles. The molecular formula is C34H24BaN6O12S2. The molecule has 0 aliphatic carbocycles. The second-order valence-electron chi connectivity index (χ2n) is 11.3. The molecule has 0 saturated carbocycles. The van der Waals surface area contributed by atoms with Crippen LogP contribution in [0.5, 0.6) is 11.5 Å². The number of nitro groups is 2. The molecule has 6 rings (SSSR count). The fraction of sp³-hybridized carbons (Fsp3) is 0.0588. The third kappa shape index (κ3) is 9.38. The van der Waals surface area contributed by atoms with Crippen LogP contribution < -0.4 is 0 Å². The Hall–Kier alpha value is -5.17. The van der Waals surface area contributed by atoms with E-state index >= 15 is 0 Å². The zero-order chi connectivity index (χ0) is 39.5. The average Bonchev–Trinajstić information content (AvgIpc) is 3.09. The Morgan fingerprint density at radius 3 is 1.16 bits per heavy atom. The summed E-state index contributed by atoms with van der Waals surface area (Å²) in [5.41, 5.74) is 0.0554. The maximum Gasteiger partial charge on any atom is 2.00 e. The first-order valence-corrected chi connectivity index (χ1v) is 17.9. The van der Waals surface area contributed by atoms with Crippen molar-refractivity contribution in [1.29, 1.82) is 0 Å². The van der Waals surface area contributed by atoms with Gasteiger partial charge in [-0.15, -0.1) is 20.5 Å². The molecule has 6 aromatic rings. The zero-order valence-corrected chi connectivity index (χ0v) is 34.5. The molecular weight excluding hydrogens is 886 g/mol. The van der Waals surface area contributed by atoms with Crippen molar-refractivity contribution in [2.24, 2.45) is 20.5 Å². The van der Waals surface area contributed by atoms with Gasteiger partial charge in [0.1, 0.15) is 43.1 Å². The number of azo groups is 2. The van der Waals surface area contributed by atoms with Gasteiger partial charge in [-0.2, -0.15) is 0 Å². The molecule has 0 unspecified atom stereocenters. The fourth-order valence-electron chi connectivity index (χ4n) is 5.38. The second kappa shape index (κ2) is 17.1. The van der Waals surface area contributed by atoms with Crippen LogP contribution in [0.1, 0.15) is 11.1 Å². The Balaban J connectivity index is 0.000000240. The van der Waals surface area contributed by atoms with Crippen LogP contribution in [0.4, 0.5) is 34.1 Å². The van der Waals surface area contributed by atoms with E-state index in [0.29, 0.717) is 11.1 Å². The van der Waals surface area contributed by atoms with Gasteiger partial charge in [0.15, 0.2) is 11.4 Å². The molecule has 0 amide bonds. The van der Waals surface area contributed by atoms with Crippen molar-refractivity contribution in [3.63, 3.8) is 0 Å². The van der Waals surface area contributed by atoms with Gasteiger partial charge in [-0.1, -0.05) is 72.8 Å². The number of nitro benzene ring substituents is 2. The van der Waals surface area contributed by atoms with Crippen molar-refractivity contribution < 1.29 is 46.0 Å². The van der Waals surface area contributed by atoms with Gasteiger partial charge in [0.05, 0.1) is 19.6 Å². The van der Waals surface area contributed by atoms with E-state index in [1.54, 1.807) is 50.2 Å². The number of fused-ring (bicyclic) bond motifs is 2. The molecule has 0 fully saturated rings. The van der Waals surface area contributed by atoms with E-state index in [-0.39, 0.29) is 105 Å². The van der Waals surface area contributed by atoms with Crippen molar-refractivity contribution in [3.8, 4) is 11.5 Å². The Labute approximate surface area is 351 Å². The molecule has 18 nitrogen and oxygen atoms in total. The molecule has 55 heavy (non-hydrogen) atoms. The predicted octanol–water partition coefficient (Wildman–Crippen LogP) is 7.78. The molecule has 0 aliphatic rings. The monoisotopic (exact) mass is 910 g/mol. The molecule has 0 radical (unpaired) electrons. The Kier molecular flexibility index (Phi) is 13.2. The summed E-state index contributed by atoms with van der Waals surface area (Å²) in [6, 6.07) is 22.5. The second-order valence-corrected chi connectivity index (χ2v) is 14.0. The number of phenolic OH excluding ortho intramolecular Hbond substituents is 2. The van der Waals surface area contributed by atoms with Crippen LogP contribution >= 0.6 is 0 Å². The number of aromatic hydroxyl groups is 2. The van der Waals surface area contributed by atoms with Gasteiger partial charge in [-0.05, 0) is 26.0 Å². The predicted molar refractivity (Wildman–Crippen MR) is 197 cm³/mol. The number of hydrogen-bond acceptors (Lipinski definition) is 16. The maximum absolute atomic E-state index is 11.5. The molecule has 0 atom stereocenters. The third-order valence-corrected chi connectivity index (χ3v) is 9.52. The molecule has 2 N–H and O–H groups in total. The Bertz CT molecular complexity index is 2610. The summed E-state index contributed by atoms with van der Waals surface area (Å²) in [6.07, 6.45) is 0. The summed E-state index contributed by atoms with van der Waals surface area (Å²) in [6.45, 7) is 3.11. The largest absolute Gasteiger partial charge is 2.00 e. The van der Waals surface area contributed by atoms with Crippen LogP contribution in [0.25, 0.3) is 21.5 Å². The molecule has 21 heteroatoms. The number of phenols is 2. The van der Waals surface area contributed by atoms with E-state index in [4.69, 9.17) is 0 Å². The first-order valence-electron chi connectivity index (χ1n) is 15.1.